The number of unbranched alkanes of at least 4 members (excludes halogenated alkanes) is 1. The summed E-state index contributed by atoms with van der Waals surface area (Å²) in [7, 11) is 0. The molecule has 0 unspecified atom stereocenters. The third-order valence-corrected chi connectivity index (χ3v) is 5.56. The topological polar surface area (TPSA) is 58.6 Å². The van der Waals surface area contributed by atoms with E-state index in [1.54, 1.807) is 0 Å². The molecule has 0 aromatic carbocycles. The Bertz CT molecular complexity index is 426. The van der Waals surface area contributed by atoms with Gasteiger partial charge in [-0.2, -0.15) is 0 Å². The molecule has 0 spiro atoms. The van der Waals surface area contributed by atoms with E-state index in [2.05, 4.69) is 17.1 Å². The molecular formula is C17H28N2O3. The standard InChI is InChI=1S/C17H28N2O3/c1-2-3-8-18-17(21)22-14-10-12-5-4-6-15(20)19-9-7-13(11-14)16(12)19/h12-14,16H,2-11H2,1H3,(H,18,21)/t12-,13+,14-,16-/m1/s1. The van der Waals surface area contributed by atoms with Crippen molar-refractivity contribution < 1.29 is 14.3 Å². The highest BCUT2D eigenvalue weighted by atomic mass is 16.6. The average Bonchev–Trinajstić information content (AvgIpc) is 2.84. The lowest BCUT2D eigenvalue weighted by Gasteiger charge is -2.40. The second kappa shape index (κ2) is 6.88. The quantitative estimate of drug-likeness (QED) is 0.812. The number of carbonyl (C=O) groups is 2. The van der Waals surface area contributed by atoms with Crippen LogP contribution in [0.4, 0.5) is 4.79 Å². The molecule has 124 valence electrons. The van der Waals surface area contributed by atoms with Crippen LogP contribution in [0.3, 0.4) is 0 Å². The van der Waals surface area contributed by atoms with Crippen LogP contribution in [-0.2, 0) is 9.53 Å². The van der Waals surface area contributed by atoms with Gasteiger partial charge >= 0.3 is 6.09 Å². The maximum Gasteiger partial charge on any atom is 0.407 e. The van der Waals surface area contributed by atoms with Crippen LogP contribution in [0.5, 0.6) is 0 Å². The Morgan fingerprint density at radius 2 is 2.09 bits per heavy atom. The number of carbonyl (C=O) groups excluding carboxylic acids is 2. The molecule has 0 radical (unpaired) electrons. The summed E-state index contributed by atoms with van der Waals surface area (Å²) in [5.74, 6) is 1.38. The van der Waals surface area contributed by atoms with Crippen molar-refractivity contribution in [2.75, 3.05) is 13.1 Å². The van der Waals surface area contributed by atoms with Gasteiger partial charge in [-0.05, 0) is 50.4 Å². The smallest absolute Gasteiger partial charge is 0.407 e. The Labute approximate surface area is 132 Å². The molecule has 2 amide bonds. The highest BCUT2D eigenvalue weighted by molar-refractivity contribution is 5.77. The molecule has 22 heavy (non-hydrogen) atoms. The number of nitrogens with one attached hydrogen (secondary N) is 1. The van der Waals surface area contributed by atoms with Crippen LogP contribution < -0.4 is 5.32 Å². The van der Waals surface area contributed by atoms with E-state index in [-0.39, 0.29) is 12.2 Å². The molecule has 2 heterocycles. The van der Waals surface area contributed by atoms with E-state index in [1.807, 2.05) is 0 Å². The van der Waals surface area contributed by atoms with E-state index in [0.717, 1.165) is 51.5 Å². The summed E-state index contributed by atoms with van der Waals surface area (Å²) in [6.45, 7) is 3.70. The predicted molar refractivity (Wildman–Crippen MR) is 83.4 cm³/mol. The average molecular weight is 308 g/mol. The van der Waals surface area contributed by atoms with E-state index in [9.17, 15) is 9.59 Å². The minimum Gasteiger partial charge on any atom is -0.446 e. The highest BCUT2D eigenvalue weighted by Gasteiger charge is 2.48. The molecule has 4 atom stereocenters. The molecule has 3 fully saturated rings. The Hall–Kier alpha value is -1.26. The fourth-order valence-electron chi connectivity index (χ4n) is 4.58. The van der Waals surface area contributed by atoms with Crippen LogP contribution in [0.2, 0.25) is 0 Å². The zero-order valence-corrected chi connectivity index (χ0v) is 13.6. The lowest BCUT2D eigenvalue weighted by Crippen LogP contribution is -2.47. The van der Waals surface area contributed by atoms with Crippen molar-refractivity contribution in [1.82, 2.24) is 10.2 Å². The van der Waals surface area contributed by atoms with Gasteiger partial charge in [0.1, 0.15) is 6.10 Å². The lowest BCUT2D eigenvalue weighted by atomic mass is 9.74. The monoisotopic (exact) mass is 308 g/mol. The van der Waals surface area contributed by atoms with Crippen LogP contribution >= 0.6 is 0 Å². The first-order valence-electron chi connectivity index (χ1n) is 8.93. The van der Waals surface area contributed by atoms with Gasteiger partial charge < -0.3 is 15.0 Å². The van der Waals surface area contributed by atoms with Crippen LogP contribution in [0.15, 0.2) is 0 Å². The summed E-state index contributed by atoms with van der Waals surface area (Å²) in [4.78, 5) is 26.2. The van der Waals surface area contributed by atoms with Crippen LogP contribution in [-0.4, -0.2) is 42.1 Å². The lowest BCUT2D eigenvalue weighted by molar-refractivity contribution is -0.133. The van der Waals surface area contributed by atoms with Gasteiger partial charge in [0.15, 0.2) is 0 Å². The molecule has 1 saturated carbocycles. The predicted octanol–water partition coefficient (Wildman–Crippen LogP) is 2.69. The Morgan fingerprint density at radius 3 is 2.86 bits per heavy atom. The summed E-state index contributed by atoms with van der Waals surface area (Å²) in [5.41, 5.74) is 0. The SMILES string of the molecule is CCCCNC(=O)O[C@@H]1C[C@H]2CCCC(=O)N3CC[C@@H](C1)[C@@H]23. The molecule has 1 aliphatic carbocycles. The summed E-state index contributed by atoms with van der Waals surface area (Å²) >= 11 is 0. The second-order valence-electron chi connectivity index (χ2n) is 7.06. The van der Waals surface area contributed by atoms with Gasteiger partial charge in [-0.15, -0.1) is 0 Å². The Morgan fingerprint density at radius 1 is 1.32 bits per heavy atom. The van der Waals surface area contributed by atoms with Gasteiger partial charge in [-0.1, -0.05) is 13.3 Å². The van der Waals surface area contributed by atoms with E-state index in [1.165, 1.54) is 0 Å². The first-order valence-corrected chi connectivity index (χ1v) is 8.93. The van der Waals surface area contributed by atoms with Crippen molar-refractivity contribution in [1.29, 1.82) is 0 Å². The number of alkyl carbamates (subject to hydrolysis) is 1. The number of hydrogen-bond donors (Lipinski definition) is 1. The minimum absolute atomic E-state index is 0.0287. The second-order valence-corrected chi connectivity index (χ2v) is 7.06. The molecule has 3 rings (SSSR count). The maximum absolute atomic E-state index is 12.2. The molecule has 5 heteroatoms. The Balaban J connectivity index is 1.57. The van der Waals surface area contributed by atoms with E-state index in [4.69, 9.17) is 4.74 Å². The summed E-state index contributed by atoms with van der Waals surface area (Å²) in [6.07, 6.45) is 7.52. The highest BCUT2D eigenvalue weighted by Crippen LogP contribution is 2.44. The summed E-state index contributed by atoms with van der Waals surface area (Å²) in [6, 6.07) is 0.415. The number of hydrogen-bond acceptors (Lipinski definition) is 3. The van der Waals surface area contributed by atoms with Gasteiger partial charge in [0.25, 0.3) is 0 Å². The molecule has 0 aromatic heterocycles. The zero-order valence-electron chi connectivity index (χ0n) is 13.6. The van der Waals surface area contributed by atoms with E-state index >= 15 is 0 Å². The van der Waals surface area contributed by atoms with Crippen molar-refractivity contribution in [3.05, 3.63) is 0 Å². The summed E-state index contributed by atoms with van der Waals surface area (Å²) < 4.78 is 5.65. The van der Waals surface area contributed by atoms with Gasteiger partial charge in [0, 0.05) is 25.6 Å². The Kier molecular flexibility index (Phi) is 4.89. The van der Waals surface area contributed by atoms with Crippen molar-refractivity contribution in [3.8, 4) is 0 Å². The van der Waals surface area contributed by atoms with Gasteiger partial charge in [0.05, 0.1) is 0 Å². The molecule has 2 saturated heterocycles. The molecule has 5 nitrogen and oxygen atoms in total. The van der Waals surface area contributed by atoms with Crippen molar-refractivity contribution in [2.24, 2.45) is 11.8 Å². The fraction of sp³-hybridized carbons (Fsp3) is 0.882. The van der Waals surface area contributed by atoms with Crippen LogP contribution in [0.1, 0.15) is 58.3 Å². The van der Waals surface area contributed by atoms with Crippen LogP contribution in [0.25, 0.3) is 0 Å². The molecule has 2 aliphatic heterocycles. The molecule has 3 aliphatic rings. The van der Waals surface area contributed by atoms with Gasteiger partial charge in [0.2, 0.25) is 5.91 Å². The number of amides is 2. The zero-order chi connectivity index (χ0) is 15.5. The number of rotatable bonds is 4. The van der Waals surface area contributed by atoms with Crippen molar-refractivity contribution in [3.63, 3.8) is 0 Å². The molecular weight excluding hydrogens is 280 g/mol. The van der Waals surface area contributed by atoms with Crippen molar-refractivity contribution >= 4 is 12.0 Å². The minimum atomic E-state index is -0.267. The number of ether oxygens (including phenoxy) is 1. The van der Waals surface area contributed by atoms with E-state index in [0.29, 0.717) is 36.8 Å². The van der Waals surface area contributed by atoms with Crippen LogP contribution in [0, 0.1) is 11.8 Å². The third-order valence-electron chi connectivity index (χ3n) is 5.56. The fourth-order valence-corrected chi connectivity index (χ4v) is 4.58. The first kappa shape index (κ1) is 15.6. The molecule has 1 N–H and O–H groups in total. The molecule has 0 bridgehead atoms. The van der Waals surface area contributed by atoms with Crippen molar-refractivity contribution in [2.45, 2.75) is 70.4 Å². The van der Waals surface area contributed by atoms with Gasteiger partial charge in [-0.25, -0.2) is 4.79 Å². The number of nitrogens with zero attached hydrogens (tertiary/aromatic N) is 1. The van der Waals surface area contributed by atoms with Gasteiger partial charge in [-0.3, -0.25) is 4.79 Å². The first-order chi connectivity index (χ1) is 10.7. The van der Waals surface area contributed by atoms with E-state index < -0.39 is 0 Å². The summed E-state index contributed by atoms with van der Waals surface area (Å²) in [5, 5.41) is 2.84. The molecule has 0 aromatic rings. The normalized spacial score (nSPS) is 34.0. The maximum atomic E-state index is 12.2. The third kappa shape index (κ3) is 3.23. The largest absolute Gasteiger partial charge is 0.446 e.